The van der Waals surface area contributed by atoms with Gasteiger partial charge in [0.1, 0.15) is 11.1 Å². The average Bonchev–Trinajstić information content (AvgIpc) is 2.26. The topological polar surface area (TPSA) is 46.2 Å². The van der Waals surface area contributed by atoms with Crippen LogP contribution in [0.1, 0.15) is 26.2 Å². The molecule has 0 radical (unpaired) electrons. The minimum Gasteiger partial charge on any atom is -0.341 e. The molecule has 1 aliphatic heterocycles. The molecule has 64 valence electrons. The molecule has 1 N–H and O–H groups in total. The van der Waals surface area contributed by atoms with Gasteiger partial charge in [-0.1, -0.05) is 19.8 Å². The molecule has 0 aliphatic carbocycles. The van der Waals surface area contributed by atoms with Crippen LogP contribution < -0.4 is 5.32 Å². The van der Waals surface area contributed by atoms with E-state index >= 15 is 0 Å². The fraction of sp³-hybridized carbons (Fsp3) is 0.857. The van der Waals surface area contributed by atoms with Crippen LogP contribution in [0.4, 0.5) is 0 Å². The van der Waals surface area contributed by atoms with E-state index in [1.54, 1.807) is 0 Å². The molecule has 1 fully saturated rings. The van der Waals surface area contributed by atoms with Crippen LogP contribution in [0.2, 0.25) is 0 Å². The molecule has 3 nitrogen and oxygen atoms in total. The molecule has 2 atom stereocenters. The quantitative estimate of drug-likeness (QED) is 0.674. The summed E-state index contributed by atoms with van der Waals surface area (Å²) in [5.74, 6) is 0.137. The van der Waals surface area contributed by atoms with Gasteiger partial charge in [0, 0.05) is 0 Å². The van der Waals surface area contributed by atoms with Crippen LogP contribution in [0.3, 0.4) is 0 Å². The van der Waals surface area contributed by atoms with Gasteiger partial charge in [-0.05, 0) is 6.42 Å². The second kappa shape index (κ2) is 3.85. The SMILES string of the molecule is CCCCC1NC(=O)CS1=O. The minimum absolute atomic E-state index is 0.0653. The van der Waals surface area contributed by atoms with Crippen molar-refractivity contribution in [2.75, 3.05) is 5.75 Å². The van der Waals surface area contributed by atoms with E-state index in [-0.39, 0.29) is 17.0 Å². The Kier molecular flexibility index (Phi) is 3.05. The molecule has 4 heteroatoms. The lowest BCUT2D eigenvalue weighted by Gasteiger charge is -2.06. The fourth-order valence-corrected chi connectivity index (χ4v) is 2.35. The van der Waals surface area contributed by atoms with Crippen LogP contribution in [0.25, 0.3) is 0 Å². The standard InChI is InChI=1S/C7H13NO2S/c1-2-3-4-7-8-6(9)5-11(7)10/h7H,2-5H2,1H3,(H,8,9). The first-order chi connectivity index (χ1) is 5.24. The third-order valence-corrected chi connectivity index (χ3v) is 3.27. The summed E-state index contributed by atoms with van der Waals surface area (Å²) in [6, 6.07) is 0. The van der Waals surface area contributed by atoms with E-state index in [0.29, 0.717) is 0 Å². The second-order valence-electron chi connectivity index (χ2n) is 2.72. The summed E-state index contributed by atoms with van der Waals surface area (Å²) < 4.78 is 11.1. The maximum atomic E-state index is 11.1. The molecule has 0 bridgehead atoms. The number of rotatable bonds is 3. The van der Waals surface area contributed by atoms with Gasteiger partial charge in [-0.25, -0.2) is 0 Å². The van der Waals surface area contributed by atoms with Gasteiger partial charge in [-0.2, -0.15) is 0 Å². The zero-order valence-corrected chi connectivity index (χ0v) is 7.45. The van der Waals surface area contributed by atoms with Gasteiger partial charge < -0.3 is 5.32 Å². The van der Waals surface area contributed by atoms with E-state index in [9.17, 15) is 9.00 Å². The number of hydrogen-bond donors (Lipinski definition) is 1. The molecule has 1 heterocycles. The minimum atomic E-state index is -0.953. The Morgan fingerprint density at radius 3 is 2.91 bits per heavy atom. The molecule has 0 saturated carbocycles. The molecule has 1 rings (SSSR count). The monoisotopic (exact) mass is 175 g/mol. The molecule has 1 aliphatic rings. The Morgan fingerprint density at radius 2 is 2.45 bits per heavy atom. The average molecular weight is 175 g/mol. The van der Waals surface area contributed by atoms with Crippen molar-refractivity contribution in [2.45, 2.75) is 31.6 Å². The molecular weight excluding hydrogens is 162 g/mol. The Balaban J connectivity index is 2.34. The van der Waals surface area contributed by atoms with Gasteiger partial charge in [-0.15, -0.1) is 0 Å². The van der Waals surface area contributed by atoms with Crippen molar-refractivity contribution in [3.63, 3.8) is 0 Å². The third kappa shape index (κ3) is 2.29. The fourth-order valence-electron chi connectivity index (χ4n) is 1.11. The lowest BCUT2D eigenvalue weighted by Crippen LogP contribution is -2.26. The highest BCUT2D eigenvalue weighted by Gasteiger charge is 2.27. The van der Waals surface area contributed by atoms with Crippen LogP contribution in [-0.4, -0.2) is 21.2 Å². The van der Waals surface area contributed by atoms with E-state index in [4.69, 9.17) is 0 Å². The van der Waals surface area contributed by atoms with Crippen molar-refractivity contribution >= 4 is 16.7 Å². The van der Waals surface area contributed by atoms with Crippen LogP contribution >= 0.6 is 0 Å². The van der Waals surface area contributed by atoms with Crippen molar-refractivity contribution in [2.24, 2.45) is 0 Å². The Hall–Kier alpha value is -0.380. The second-order valence-corrected chi connectivity index (χ2v) is 4.34. The predicted octanol–water partition coefficient (Wildman–Crippen LogP) is 0.381. The maximum Gasteiger partial charge on any atom is 0.233 e. The lowest BCUT2D eigenvalue weighted by atomic mass is 10.2. The first-order valence-corrected chi connectivity index (χ1v) is 5.28. The Morgan fingerprint density at radius 1 is 1.73 bits per heavy atom. The first kappa shape index (κ1) is 8.71. The summed E-state index contributed by atoms with van der Waals surface area (Å²) in [5, 5.41) is 2.63. The Bertz CT molecular complexity index is 181. The summed E-state index contributed by atoms with van der Waals surface area (Å²) in [5.41, 5.74) is 0. The van der Waals surface area contributed by atoms with Crippen LogP contribution in [0.5, 0.6) is 0 Å². The van der Waals surface area contributed by atoms with Gasteiger partial charge in [0.05, 0.1) is 10.8 Å². The van der Waals surface area contributed by atoms with E-state index < -0.39 is 10.8 Å². The van der Waals surface area contributed by atoms with E-state index in [0.717, 1.165) is 19.3 Å². The first-order valence-electron chi connectivity index (χ1n) is 3.90. The maximum absolute atomic E-state index is 11.1. The molecule has 1 amide bonds. The highest BCUT2D eigenvalue weighted by Crippen LogP contribution is 2.09. The number of carbonyl (C=O) groups excluding carboxylic acids is 1. The molecule has 0 aromatic heterocycles. The number of carbonyl (C=O) groups is 1. The highest BCUT2D eigenvalue weighted by molar-refractivity contribution is 7.86. The van der Waals surface area contributed by atoms with Crippen molar-refractivity contribution in [1.82, 2.24) is 5.32 Å². The molecule has 0 spiro atoms. The molecule has 0 aromatic rings. The van der Waals surface area contributed by atoms with Crippen LogP contribution in [-0.2, 0) is 15.6 Å². The normalized spacial score (nSPS) is 30.5. The van der Waals surface area contributed by atoms with E-state index in [1.807, 2.05) is 0 Å². The van der Waals surface area contributed by atoms with Gasteiger partial charge in [0.15, 0.2) is 0 Å². The molecule has 1 saturated heterocycles. The summed E-state index contributed by atoms with van der Waals surface area (Å²) in [6.07, 6.45) is 2.98. The van der Waals surface area contributed by atoms with Crippen LogP contribution in [0.15, 0.2) is 0 Å². The molecule has 11 heavy (non-hydrogen) atoms. The van der Waals surface area contributed by atoms with Gasteiger partial charge in [0.2, 0.25) is 5.91 Å². The van der Waals surface area contributed by atoms with Crippen molar-refractivity contribution in [1.29, 1.82) is 0 Å². The van der Waals surface area contributed by atoms with Gasteiger partial charge in [-0.3, -0.25) is 9.00 Å². The van der Waals surface area contributed by atoms with E-state index in [2.05, 4.69) is 12.2 Å². The lowest BCUT2D eigenvalue weighted by molar-refractivity contribution is -0.118. The smallest absolute Gasteiger partial charge is 0.233 e. The van der Waals surface area contributed by atoms with E-state index in [1.165, 1.54) is 0 Å². The number of unbranched alkanes of at least 4 members (excludes halogenated alkanes) is 1. The Labute approximate surface area is 69.0 Å². The van der Waals surface area contributed by atoms with Crippen molar-refractivity contribution in [3.05, 3.63) is 0 Å². The molecular formula is C7H13NO2S. The summed E-state index contributed by atoms with van der Waals surface area (Å²) >= 11 is 0. The summed E-state index contributed by atoms with van der Waals surface area (Å²) in [6.45, 7) is 2.08. The van der Waals surface area contributed by atoms with Gasteiger partial charge in [0.25, 0.3) is 0 Å². The van der Waals surface area contributed by atoms with Gasteiger partial charge >= 0.3 is 0 Å². The summed E-state index contributed by atoms with van der Waals surface area (Å²) in [4.78, 5) is 10.7. The third-order valence-electron chi connectivity index (χ3n) is 1.73. The van der Waals surface area contributed by atoms with Crippen LogP contribution in [0, 0.1) is 0 Å². The van der Waals surface area contributed by atoms with Crippen molar-refractivity contribution < 1.29 is 9.00 Å². The highest BCUT2D eigenvalue weighted by atomic mass is 32.2. The zero-order valence-electron chi connectivity index (χ0n) is 6.63. The number of hydrogen-bond acceptors (Lipinski definition) is 2. The van der Waals surface area contributed by atoms with Crippen molar-refractivity contribution in [3.8, 4) is 0 Å². The number of amides is 1. The number of nitrogens with one attached hydrogen (secondary N) is 1. The zero-order chi connectivity index (χ0) is 8.27. The largest absolute Gasteiger partial charge is 0.341 e. The molecule has 2 unspecified atom stereocenters. The summed E-state index contributed by atoms with van der Waals surface area (Å²) in [7, 11) is -0.953. The predicted molar refractivity (Wildman–Crippen MR) is 44.5 cm³/mol. The molecule has 0 aromatic carbocycles.